The van der Waals surface area contributed by atoms with Crippen LogP contribution in [-0.4, -0.2) is 22.5 Å². The lowest BCUT2D eigenvalue weighted by atomic mass is 10.3. The molecule has 76 valence electrons. The minimum absolute atomic E-state index is 0.0310. The van der Waals surface area contributed by atoms with Crippen molar-refractivity contribution in [1.82, 2.24) is 5.32 Å². The van der Waals surface area contributed by atoms with Gasteiger partial charge in [-0.15, -0.1) is 0 Å². The van der Waals surface area contributed by atoms with Gasteiger partial charge in [0.25, 0.3) is 0 Å². The minimum Gasteiger partial charge on any atom is -0.314 e. The van der Waals surface area contributed by atoms with Gasteiger partial charge < -0.3 is 5.32 Å². The Morgan fingerprint density at radius 2 is 2.07 bits per heavy atom. The zero-order chi connectivity index (χ0) is 10.1. The van der Waals surface area contributed by atoms with E-state index in [2.05, 4.69) is 5.32 Å². The molecule has 1 atom stereocenters. The van der Waals surface area contributed by atoms with Crippen LogP contribution in [0, 0.1) is 11.6 Å². The van der Waals surface area contributed by atoms with E-state index in [0.29, 0.717) is 13.1 Å². The van der Waals surface area contributed by atoms with Crippen LogP contribution in [0.5, 0.6) is 0 Å². The molecule has 5 heteroatoms. The smallest absolute Gasteiger partial charge is 0.139 e. The van der Waals surface area contributed by atoms with Crippen molar-refractivity contribution in [3.8, 4) is 0 Å². The third-order valence-corrected chi connectivity index (χ3v) is 3.84. The van der Waals surface area contributed by atoms with Gasteiger partial charge in [0, 0.05) is 13.1 Å². The summed E-state index contributed by atoms with van der Waals surface area (Å²) in [7, 11) is -1.44. The number of hydrogen-bond acceptors (Lipinski definition) is 2. The second-order valence-corrected chi connectivity index (χ2v) is 4.85. The van der Waals surface area contributed by atoms with Crippen LogP contribution in [0.3, 0.4) is 0 Å². The Bertz CT molecular complexity index is 379. The average molecular weight is 217 g/mol. The maximum Gasteiger partial charge on any atom is 0.139 e. The van der Waals surface area contributed by atoms with E-state index in [1.54, 1.807) is 0 Å². The fourth-order valence-electron chi connectivity index (χ4n) is 1.22. The molecule has 1 aromatic carbocycles. The van der Waals surface area contributed by atoms with Crippen LogP contribution in [0.2, 0.25) is 0 Å². The molecular formula is C9H9F2NOS. The first-order valence-corrected chi connectivity index (χ1v) is 5.46. The van der Waals surface area contributed by atoms with E-state index in [1.165, 1.54) is 0 Å². The summed E-state index contributed by atoms with van der Waals surface area (Å²) < 4.78 is 37.6. The first kappa shape index (κ1) is 9.73. The number of halogens is 2. The number of nitrogens with one attached hydrogen (secondary N) is 1. The van der Waals surface area contributed by atoms with Gasteiger partial charge in [-0.25, -0.2) is 8.78 Å². The normalized spacial score (nSPS) is 19.0. The SMILES string of the molecule is O=S(c1cc(F)ccc1F)C1CNC1. The van der Waals surface area contributed by atoms with Crippen molar-refractivity contribution in [3.05, 3.63) is 29.8 Å². The molecule has 0 bridgehead atoms. The van der Waals surface area contributed by atoms with E-state index in [4.69, 9.17) is 0 Å². The zero-order valence-corrected chi connectivity index (χ0v) is 8.11. The number of hydrogen-bond donors (Lipinski definition) is 1. The van der Waals surface area contributed by atoms with Crippen molar-refractivity contribution in [2.45, 2.75) is 10.1 Å². The van der Waals surface area contributed by atoms with Gasteiger partial charge in [0.1, 0.15) is 11.6 Å². The summed E-state index contributed by atoms with van der Waals surface area (Å²) in [5.74, 6) is -1.15. The average Bonchev–Trinajstić information content (AvgIpc) is 2.06. The lowest BCUT2D eigenvalue weighted by molar-refractivity contribution is 0.519. The van der Waals surface area contributed by atoms with E-state index < -0.39 is 22.4 Å². The van der Waals surface area contributed by atoms with Gasteiger partial charge in [0.05, 0.1) is 20.9 Å². The van der Waals surface area contributed by atoms with Crippen LogP contribution in [0.1, 0.15) is 0 Å². The van der Waals surface area contributed by atoms with E-state index in [1.807, 2.05) is 0 Å². The van der Waals surface area contributed by atoms with E-state index >= 15 is 0 Å². The highest BCUT2D eigenvalue weighted by molar-refractivity contribution is 7.85. The van der Waals surface area contributed by atoms with E-state index in [9.17, 15) is 13.0 Å². The molecule has 2 nitrogen and oxygen atoms in total. The molecule has 2 rings (SSSR count). The summed E-state index contributed by atoms with van der Waals surface area (Å²) in [6, 6.07) is 3.04. The monoisotopic (exact) mass is 217 g/mol. The molecule has 1 N–H and O–H groups in total. The molecule has 0 radical (unpaired) electrons. The zero-order valence-electron chi connectivity index (χ0n) is 7.30. The van der Waals surface area contributed by atoms with Gasteiger partial charge in [-0.3, -0.25) is 4.21 Å². The minimum atomic E-state index is -1.44. The number of benzene rings is 1. The van der Waals surface area contributed by atoms with Crippen LogP contribution in [0.25, 0.3) is 0 Å². The lowest BCUT2D eigenvalue weighted by Gasteiger charge is -2.26. The molecule has 1 aliphatic rings. The molecule has 1 fully saturated rings. The summed E-state index contributed by atoms with van der Waals surface area (Å²) in [5, 5.41) is 2.85. The third-order valence-electron chi connectivity index (χ3n) is 2.16. The summed E-state index contributed by atoms with van der Waals surface area (Å²) in [6.07, 6.45) is 0. The topological polar surface area (TPSA) is 29.1 Å². The second kappa shape index (κ2) is 3.74. The number of rotatable bonds is 2. The van der Waals surface area contributed by atoms with Gasteiger partial charge in [-0.2, -0.15) is 0 Å². The second-order valence-electron chi connectivity index (χ2n) is 3.15. The quantitative estimate of drug-likeness (QED) is 0.802. The molecule has 1 aliphatic heterocycles. The highest BCUT2D eigenvalue weighted by Gasteiger charge is 2.26. The maximum atomic E-state index is 13.2. The summed E-state index contributed by atoms with van der Waals surface area (Å²) in [6.45, 7) is 1.20. The Balaban J connectivity index is 2.29. The van der Waals surface area contributed by atoms with Gasteiger partial charge in [0.15, 0.2) is 0 Å². The van der Waals surface area contributed by atoms with Crippen LogP contribution < -0.4 is 5.32 Å². The first-order valence-electron chi connectivity index (χ1n) is 4.25. The molecule has 0 amide bonds. The Labute approximate surface area is 82.8 Å². The predicted molar refractivity (Wildman–Crippen MR) is 49.4 cm³/mol. The van der Waals surface area contributed by atoms with Crippen molar-refractivity contribution in [2.24, 2.45) is 0 Å². The molecule has 0 aromatic heterocycles. The van der Waals surface area contributed by atoms with Crippen LogP contribution in [0.4, 0.5) is 8.78 Å². The maximum absolute atomic E-state index is 13.2. The fourth-order valence-corrected chi connectivity index (χ4v) is 2.61. The summed E-state index contributed by atoms with van der Waals surface area (Å²) >= 11 is 0. The van der Waals surface area contributed by atoms with Crippen LogP contribution in [-0.2, 0) is 10.8 Å². The molecule has 1 saturated heterocycles. The predicted octanol–water partition coefficient (Wildman–Crippen LogP) is 1.04. The van der Waals surface area contributed by atoms with Crippen molar-refractivity contribution < 1.29 is 13.0 Å². The molecule has 0 saturated carbocycles. The molecule has 0 aliphatic carbocycles. The van der Waals surface area contributed by atoms with E-state index in [-0.39, 0.29) is 10.1 Å². The Morgan fingerprint density at radius 3 is 2.64 bits per heavy atom. The Morgan fingerprint density at radius 1 is 1.36 bits per heavy atom. The van der Waals surface area contributed by atoms with Crippen LogP contribution in [0.15, 0.2) is 23.1 Å². The molecule has 1 unspecified atom stereocenters. The van der Waals surface area contributed by atoms with Crippen molar-refractivity contribution in [3.63, 3.8) is 0 Å². The van der Waals surface area contributed by atoms with Crippen molar-refractivity contribution >= 4 is 10.8 Å². The van der Waals surface area contributed by atoms with Gasteiger partial charge in [0.2, 0.25) is 0 Å². The van der Waals surface area contributed by atoms with Crippen molar-refractivity contribution in [1.29, 1.82) is 0 Å². The molecule has 14 heavy (non-hydrogen) atoms. The molecule has 1 heterocycles. The van der Waals surface area contributed by atoms with Crippen molar-refractivity contribution in [2.75, 3.05) is 13.1 Å². The fraction of sp³-hybridized carbons (Fsp3) is 0.333. The van der Waals surface area contributed by atoms with Gasteiger partial charge >= 0.3 is 0 Å². The highest BCUT2D eigenvalue weighted by atomic mass is 32.2. The molecular weight excluding hydrogens is 208 g/mol. The summed E-state index contributed by atoms with van der Waals surface area (Å²) in [4.78, 5) is -0.0310. The van der Waals surface area contributed by atoms with Gasteiger partial charge in [-0.1, -0.05) is 0 Å². The highest BCUT2D eigenvalue weighted by Crippen LogP contribution is 2.18. The molecule has 1 aromatic rings. The first-order chi connectivity index (χ1) is 6.68. The standard InChI is InChI=1S/C9H9F2NOS/c10-6-1-2-8(11)9(3-6)14(13)7-4-12-5-7/h1-3,7,12H,4-5H2. The Hall–Kier alpha value is -0.810. The summed E-state index contributed by atoms with van der Waals surface area (Å²) in [5.41, 5.74) is 0. The molecule has 0 spiro atoms. The Kier molecular flexibility index (Phi) is 2.60. The lowest BCUT2D eigenvalue weighted by Crippen LogP contribution is -2.49. The third kappa shape index (κ3) is 1.69. The van der Waals surface area contributed by atoms with Crippen LogP contribution >= 0.6 is 0 Å². The van der Waals surface area contributed by atoms with Gasteiger partial charge in [-0.05, 0) is 18.2 Å². The van der Waals surface area contributed by atoms with E-state index in [0.717, 1.165) is 18.2 Å². The largest absolute Gasteiger partial charge is 0.314 e.